The first-order chi connectivity index (χ1) is 8.15. The Morgan fingerprint density at radius 1 is 1.41 bits per heavy atom. The summed E-state index contributed by atoms with van der Waals surface area (Å²) in [4.78, 5) is 5.07. The van der Waals surface area contributed by atoms with E-state index < -0.39 is 0 Å². The van der Waals surface area contributed by atoms with Gasteiger partial charge in [0.15, 0.2) is 5.13 Å². The quantitative estimate of drug-likeness (QED) is 0.877. The summed E-state index contributed by atoms with van der Waals surface area (Å²) in [6.45, 7) is 3.20. The molecule has 0 saturated carbocycles. The molecule has 0 amide bonds. The summed E-state index contributed by atoms with van der Waals surface area (Å²) >= 11 is 1.47. The molecule has 0 radical (unpaired) electrons. The first-order valence-electron chi connectivity index (χ1n) is 5.31. The Morgan fingerprint density at radius 2 is 2.24 bits per heavy atom. The summed E-state index contributed by atoms with van der Waals surface area (Å²) in [5.74, 6) is -0.163. The third-order valence-electron chi connectivity index (χ3n) is 2.42. The van der Waals surface area contributed by atoms with Crippen LogP contribution in [0.15, 0.2) is 24.4 Å². The summed E-state index contributed by atoms with van der Waals surface area (Å²) in [7, 11) is 0. The lowest BCUT2D eigenvalue weighted by molar-refractivity contribution is 0.615. The highest BCUT2D eigenvalue weighted by Crippen LogP contribution is 2.14. The molecule has 1 heterocycles. The number of nitrogens with zero attached hydrogens (tertiary/aromatic N) is 1. The van der Waals surface area contributed by atoms with Crippen LogP contribution in [0.5, 0.6) is 0 Å². The zero-order valence-electron chi connectivity index (χ0n) is 9.53. The van der Waals surface area contributed by atoms with Gasteiger partial charge in [0.1, 0.15) is 5.82 Å². The minimum Gasteiger partial charge on any atom is -0.375 e. The predicted molar refractivity (Wildman–Crippen MR) is 68.2 cm³/mol. The van der Waals surface area contributed by atoms with E-state index in [1.165, 1.54) is 17.4 Å². The summed E-state index contributed by atoms with van der Waals surface area (Å²) in [6.07, 6.45) is 1.77. The number of hydrogen-bond acceptors (Lipinski definition) is 4. The van der Waals surface area contributed by atoms with E-state index in [0.717, 1.165) is 17.0 Å². The number of rotatable bonds is 4. The number of benzene rings is 1. The van der Waals surface area contributed by atoms with Crippen LogP contribution in [0.4, 0.5) is 9.52 Å². The van der Waals surface area contributed by atoms with Crippen LogP contribution in [-0.4, -0.2) is 4.98 Å². The topological polar surface area (TPSA) is 50.9 Å². The van der Waals surface area contributed by atoms with Gasteiger partial charge in [-0.05, 0) is 24.1 Å². The highest BCUT2D eigenvalue weighted by Gasteiger charge is 2.00. The van der Waals surface area contributed by atoms with Gasteiger partial charge in [0.05, 0.1) is 0 Å². The number of thiazole rings is 1. The zero-order valence-corrected chi connectivity index (χ0v) is 10.4. The van der Waals surface area contributed by atoms with Crippen molar-refractivity contribution in [2.24, 2.45) is 0 Å². The molecule has 1 aromatic carbocycles. The Bertz CT molecular complexity index is 510. The second kappa shape index (κ2) is 5.25. The molecule has 0 aliphatic heterocycles. The molecule has 0 aliphatic carbocycles. The molecule has 3 N–H and O–H groups in total. The Balaban J connectivity index is 1.87. The van der Waals surface area contributed by atoms with Gasteiger partial charge in [0, 0.05) is 24.2 Å². The summed E-state index contributed by atoms with van der Waals surface area (Å²) in [6, 6.07) is 5.14. The molecule has 17 heavy (non-hydrogen) atoms. The van der Waals surface area contributed by atoms with Crippen molar-refractivity contribution in [3.05, 3.63) is 46.2 Å². The summed E-state index contributed by atoms with van der Waals surface area (Å²) < 4.78 is 13.0. The first kappa shape index (κ1) is 12.0. The van der Waals surface area contributed by atoms with Crippen LogP contribution in [0.3, 0.4) is 0 Å². The lowest BCUT2D eigenvalue weighted by atomic mass is 10.1. The van der Waals surface area contributed by atoms with Crippen molar-refractivity contribution in [3.63, 3.8) is 0 Å². The normalized spacial score (nSPS) is 10.7. The third-order valence-corrected chi connectivity index (χ3v) is 3.25. The maximum absolute atomic E-state index is 13.0. The molecule has 0 spiro atoms. The molecular weight excluding hydrogens is 237 g/mol. The maximum Gasteiger partial charge on any atom is 0.180 e. The summed E-state index contributed by atoms with van der Waals surface area (Å²) in [5.41, 5.74) is 7.28. The van der Waals surface area contributed by atoms with Gasteiger partial charge in [-0.3, -0.25) is 0 Å². The highest BCUT2D eigenvalue weighted by molar-refractivity contribution is 7.15. The van der Waals surface area contributed by atoms with Gasteiger partial charge in [-0.1, -0.05) is 12.1 Å². The van der Waals surface area contributed by atoms with Crippen LogP contribution < -0.4 is 11.1 Å². The Kier molecular flexibility index (Phi) is 3.71. The molecule has 90 valence electrons. The minimum absolute atomic E-state index is 0.163. The fraction of sp³-hybridized carbons (Fsp3) is 0.250. The van der Waals surface area contributed by atoms with Gasteiger partial charge in [-0.2, -0.15) is 0 Å². The van der Waals surface area contributed by atoms with Gasteiger partial charge in [0.25, 0.3) is 0 Å². The highest BCUT2D eigenvalue weighted by atomic mass is 32.1. The van der Waals surface area contributed by atoms with Crippen molar-refractivity contribution in [2.75, 3.05) is 5.73 Å². The molecule has 5 heteroatoms. The van der Waals surface area contributed by atoms with Crippen molar-refractivity contribution in [1.29, 1.82) is 0 Å². The molecule has 0 atom stereocenters. The van der Waals surface area contributed by atoms with Crippen molar-refractivity contribution in [2.45, 2.75) is 20.0 Å². The SMILES string of the molecule is Cc1cc(CNCc2cnc(N)s2)ccc1F. The standard InChI is InChI=1S/C12H14FN3S/c1-8-4-9(2-3-11(8)13)5-15-6-10-7-16-12(14)17-10/h2-4,7,15H,5-6H2,1H3,(H2,14,16). The fourth-order valence-electron chi connectivity index (χ4n) is 1.55. The van der Waals surface area contributed by atoms with E-state index in [2.05, 4.69) is 10.3 Å². The number of nitrogen functional groups attached to an aromatic ring is 1. The third kappa shape index (κ3) is 3.25. The van der Waals surface area contributed by atoms with Crippen molar-refractivity contribution < 1.29 is 4.39 Å². The molecule has 1 aromatic heterocycles. The van der Waals surface area contributed by atoms with Crippen LogP contribution in [0.25, 0.3) is 0 Å². The molecule has 0 saturated heterocycles. The number of halogens is 1. The average molecular weight is 251 g/mol. The molecule has 0 fully saturated rings. The second-order valence-corrected chi connectivity index (χ2v) is 5.00. The van der Waals surface area contributed by atoms with E-state index in [-0.39, 0.29) is 5.82 Å². The number of aromatic nitrogens is 1. The van der Waals surface area contributed by atoms with E-state index in [1.807, 2.05) is 6.07 Å². The van der Waals surface area contributed by atoms with Crippen molar-refractivity contribution in [1.82, 2.24) is 10.3 Å². The van der Waals surface area contributed by atoms with Crippen LogP contribution in [-0.2, 0) is 13.1 Å². The molecule has 2 rings (SSSR count). The minimum atomic E-state index is -0.163. The Morgan fingerprint density at radius 3 is 2.88 bits per heavy atom. The Hall–Kier alpha value is -1.46. The van der Waals surface area contributed by atoms with E-state index in [9.17, 15) is 4.39 Å². The molecule has 0 bridgehead atoms. The number of nitrogens with two attached hydrogens (primary N) is 1. The van der Waals surface area contributed by atoms with E-state index in [1.54, 1.807) is 19.2 Å². The number of hydrogen-bond donors (Lipinski definition) is 2. The van der Waals surface area contributed by atoms with Gasteiger partial charge in [0.2, 0.25) is 0 Å². The second-order valence-electron chi connectivity index (χ2n) is 3.85. The fourth-order valence-corrected chi connectivity index (χ4v) is 2.20. The van der Waals surface area contributed by atoms with Gasteiger partial charge < -0.3 is 11.1 Å². The molecule has 0 aliphatic rings. The van der Waals surface area contributed by atoms with Crippen LogP contribution in [0, 0.1) is 12.7 Å². The molecule has 3 nitrogen and oxygen atoms in total. The summed E-state index contributed by atoms with van der Waals surface area (Å²) in [5, 5.41) is 3.85. The number of anilines is 1. The van der Waals surface area contributed by atoms with Crippen molar-refractivity contribution >= 4 is 16.5 Å². The molecule has 0 unspecified atom stereocenters. The van der Waals surface area contributed by atoms with E-state index in [0.29, 0.717) is 17.2 Å². The lowest BCUT2D eigenvalue weighted by Gasteiger charge is -2.04. The number of aryl methyl sites for hydroxylation is 1. The van der Waals surface area contributed by atoms with Gasteiger partial charge in [-0.15, -0.1) is 11.3 Å². The maximum atomic E-state index is 13.0. The smallest absolute Gasteiger partial charge is 0.180 e. The molecular formula is C12H14FN3S. The first-order valence-corrected chi connectivity index (χ1v) is 6.13. The lowest BCUT2D eigenvalue weighted by Crippen LogP contribution is -2.11. The van der Waals surface area contributed by atoms with Crippen LogP contribution in [0.2, 0.25) is 0 Å². The largest absolute Gasteiger partial charge is 0.375 e. The Labute approximate surface area is 103 Å². The number of nitrogens with one attached hydrogen (secondary N) is 1. The predicted octanol–water partition coefficient (Wildman–Crippen LogP) is 2.46. The van der Waals surface area contributed by atoms with Crippen molar-refractivity contribution in [3.8, 4) is 0 Å². The van der Waals surface area contributed by atoms with Gasteiger partial charge in [-0.25, -0.2) is 9.37 Å². The molecule has 2 aromatic rings. The van der Waals surface area contributed by atoms with E-state index in [4.69, 9.17) is 5.73 Å². The van der Waals surface area contributed by atoms with Gasteiger partial charge >= 0.3 is 0 Å². The zero-order chi connectivity index (χ0) is 12.3. The van der Waals surface area contributed by atoms with E-state index >= 15 is 0 Å². The average Bonchev–Trinajstić information content (AvgIpc) is 2.70. The van der Waals surface area contributed by atoms with Crippen LogP contribution in [0.1, 0.15) is 16.0 Å². The monoisotopic (exact) mass is 251 g/mol. The van der Waals surface area contributed by atoms with Crippen LogP contribution >= 0.6 is 11.3 Å².